The number of rotatable bonds is 7. The van der Waals surface area contributed by atoms with Gasteiger partial charge in [-0.05, 0) is 35.9 Å². The summed E-state index contributed by atoms with van der Waals surface area (Å²) in [6.07, 6.45) is -0.332. The second kappa shape index (κ2) is 7.17. The van der Waals surface area contributed by atoms with Crippen molar-refractivity contribution in [3.63, 3.8) is 0 Å². The second-order valence-electron chi connectivity index (χ2n) is 4.89. The van der Waals surface area contributed by atoms with E-state index in [1.165, 1.54) is 11.3 Å². The van der Waals surface area contributed by atoms with E-state index in [4.69, 9.17) is 0 Å². The molecule has 21 heavy (non-hydrogen) atoms. The lowest BCUT2D eigenvalue weighted by molar-refractivity contribution is 0.185. The number of aliphatic hydroxyl groups excluding tert-OH is 1. The van der Waals surface area contributed by atoms with Gasteiger partial charge in [-0.3, -0.25) is 0 Å². The van der Waals surface area contributed by atoms with E-state index in [-0.39, 0.29) is 12.3 Å². The number of sulfonamides is 1. The summed E-state index contributed by atoms with van der Waals surface area (Å²) in [6.45, 7) is 1.91. The fraction of sp³-hybridized carbons (Fsp3) is 0.333. The largest absolute Gasteiger partial charge is 0.386 e. The fourth-order valence-corrected chi connectivity index (χ4v) is 3.97. The van der Waals surface area contributed by atoms with Crippen molar-refractivity contribution in [1.82, 2.24) is 4.72 Å². The highest BCUT2D eigenvalue weighted by Crippen LogP contribution is 2.23. The van der Waals surface area contributed by atoms with Crippen LogP contribution >= 0.6 is 11.3 Å². The molecule has 1 aromatic heterocycles. The molecule has 0 fully saturated rings. The third kappa shape index (κ3) is 4.93. The Hall–Kier alpha value is -1.21. The van der Waals surface area contributed by atoms with Crippen LogP contribution in [0, 0.1) is 6.92 Å². The van der Waals surface area contributed by atoms with Gasteiger partial charge in [0.2, 0.25) is 10.0 Å². The number of aryl methyl sites for hydroxylation is 2. The van der Waals surface area contributed by atoms with E-state index in [2.05, 4.69) is 4.72 Å². The molecule has 0 bridgehead atoms. The molecule has 0 radical (unpaired) electrons. The Balaban J connectivity index is 1.85. The summed E-state index contributed by atoms with van der Waals surface area (Å²) in [7, 11) is -3.38. The van der Waals surface area contributed by atoms with Crippen LogP contribution in [0.4, 0.5) is 0 Å². The summed E-state index contributed by atoms with van der Waals surface area (Å²) in [4.78, 5) is 0.806. The van der Waals surface area contributed by atoms with Crippen LogP contribution in [0.15, 0.2) is 41.8 Å². The van der Waals surface area contributed by atoms with Crippen LogP contribution in [0.1, 0.15) is 22.1 Å². The van der Waals surface area contributed by atoms with Crippen LogP contribution in [-0.4, -0.2) is 25.8 Å². The molecule has 0 spiro atoms. The first-order valence-electron chi connectivity index (χ1n) is 6.71. The Morgan fingerprint density at radius 2 is 1.95 bits per heavy atom. The molecule has 0 saturated heterocycles. The predicted molar refractivity (Wildman–Crippen MR) is 86.0 cm³/mol. The molecular formula is C15H19NO3S2. The highest BCUT2D eigenvalue weighted by atomic mass is 32.2. The Morgan fingerprint density at radius 1 is 1.24 bits per heavy atom. The Labute approximate surface area is 129 Å². The van der Waals surface area contributed by atoms with E-state index >= 15 is 0 Å². The summed E-state index contributed by atoms with van der Waals surface area (Å²) in [6, 6.07) is 11.4. The van der Waals surface area contributed by atoms with E-state index in [0.29, 0.717) is 6.42 Å². The maximum absolute atomic E-state index is 11.9. The van der Waals surface area contributed by atoms with Gasteiger partial charge in [-0.1, -0.05) is 30.3 Å². The maximum Gasteiger partial charge on any atom is 0.212 e. The van der Waals surface area contributed by atoms with Gasteiger partial charge in [0.05, 0.1) is 5.75 Å². The van der Waals surface area contributed by atoms with Crippen molar-refractivity contribution in [2.45, 2.75) is 19.4 Å². The Morgan fingerprint density at radius 3 is 2.57 bits per heavy atom. The first-order chi connectivity index (χ1) is 9.98. The number of hydrogen-bond donors (Lipinski definition) is 2. The third-order valence-corrected chi connectivity index (χ3v) is 5.67. The lowest BCUT2D eigenvalue weighted by Gasteiger charge is -2.12. The Bertz CT molecular complexity index is 665. The average Bonchev–Trinajstić information content (AvgIpc) is 2.90. The van der Waals surface area contributed by atoms with E-state index in [9.17, 15) is 13.5 Å². The van der Waals surface area contributed by atoms with Crippen LogP contribution in [0.25, 0.3) is 0 Å². The van der Waals surface area contributed by atoms with E-state index in [1.807, 2.05) is 48.7 Å². The van der Waals surface area contributed by atoms with Gasteiger partial charge < -0.3 is 5.11 Å². The zero-order chi connectivity index (χ0) is 15.3. The maximum atomic E-state index is 11.9. The molecule has 0 unspecified atom stereocenters. The van der Waals surface area contributed by atoms with Gasteiger partial charge in [0, 0.05) is 11.4 Å². The van der Waals surface area contributed by atoms with Gasteiger partial charge in [-0.25, -0.2) is 13.1 Å². The SMILES string of the molecule is Cc1ccsc1[C@@H](O)CNS(=O)(=O)CCc1ccccc1. The molecular weight excluding hydrogens is 306 g/mol. The summed E-state index contributed by atoms with van der Waals surface area (Å²) in [5.41, 5.74) is 1.97. The summed E-state index contributed by atoms with van der Waals surface area (Å²) >= 11 is 1.43. The number of aliphatic hydroxyl groups is 1. The van der Waals surface area contributed by atoms with Crippen LogP contribution in [-0.2, 0) is 16.4 Å². The minimum Gasteiger partial charge on any atom is -0.386 e. The van der Waals surface area contributed by atoms with Crippen molar-refractivity contribution >= 4 is 21.4 Å². The van der Waals surface area contributed by atoms with Crippen LogP contribution < -0.4 is 4.72 Å². The smallest absolute Gasteiger partial charge is 0.212 e. The summed E-state index contributed by atoms with van der Waals surface area (Å²) in [5.74, 6) is 0.0210. The minimum atomic E-state index is -3.38. The average molecular weight is 325 g/mol. The standard InChI is InChI=1S/C15H19NO3S2/c1-12-7-9-20-15(12)14(17)11-16-21(18,19)10-8-13-5-3-2-4-6-13/h2-7,9,14,16-17H,8,10-11H2,1H3/t14-/m0/s1. The van der Waals surface area contributed by atoms with Gasteiger partial charge >= 0.3 is 0 Å². The Kier molecular flexibility index (Phi) is 5.52. The molecule has 0 aliphatic carbocycles. The number of nitrogens with one attached hydrogen (secondary N) is 1. The first-order valence-corrected chi connectivity index (χ1v) is 9.24. The molecule has 0 aliphatic heterocycles. The van der Waals surface area contributed by atoms with Crippen molar-refractivity contribution in [2.24, 2.45) is 0 Å². The monoisotopic (exact) mass is 325 g/mol. The van der Waals surface area contributed by atoms with Gasteiger partial charge in [0.1, 0.15) is 6.10 Å². The first kappa shape index (κ1) is 16.2. The molecule has 1 heterocycles. The van der Waals surface area contributed by atoms with Gasteiger partial charge in [0.25, 0.3) is 0 Å². The van der Waals surface area contributed by atoms with Gasteiger partial charge in [0.15, 0.2) is 0 Å². The van der Waals surface area contributed by atoms with Gasteiger partial charge in [-0.15, -0.1) is 11.3 Å². The molecule has 1 aromatic carbocycles. The van der Waals surface area contributed by atoms with Crippen molar-refractivity contribution in [1.29, 1.82) is 0 Å². The van der Waals surface area contributed by atoms with Crippen molar-refractivity contribution in [2.75, 3.05) is 12.3 Å². The minimum absolute atomic E-state index is 0.0124. The van der Waals surface area contributed by atoms with E-state index in [0.717, 1.165) is 16.0 Å². The molecule has 0 amide bonds. The van der Waals surface area contributed by atoms with Crippen LogP contribution in [0.2, 0.25) is 0 Å². The van der Waals surface area contributed by atoms with Crippen molar-refractivity contribution in [3.8, 4) is 0 Å². The molecule has 0 aliphatic rings. The van der Waals surface area contributed by atoms with Gasteiger partial charge in [-0.2, -0.15) is 0 Å². The van der Waals surface area contributed by atoms with E-state index < -0.39 is 16.1 Å². The summed E-state index contributed by atoms with van der Waals surface area (Å²) in [5, 5.41) is 11.9. The topological polar surface area (TPSA) is 66.4 Å². The number of benzene rings is 1. The van der Waals surface area contributed by atoms with Crippen LogP contribution in [0.3, 0.4) is 0 Å². The molecule has 1 atom stereocenters. The van der Waals surface area contributed by atoms with E-state index in [1.54, 1.807) is 0 Å². The molecule has 2 N–H and O–H groups in total. The number of hydrogen-bond acceptors (Lipinski definition) is 4. The lowest BCUT2D eigenvalue weighted by atomic mass is 10.2. The highest BCUT2D eigenvalue weighted by Gasteiger charge is 2.16. The molecule has 114 valence electrons. The molecule has 6 heteroatoms. The zero-order valence-electron chi connectivity index (χ0n) is 11.8. The zero-order valence-corrected chi connectivity index (χ0v) is 13.5. The van der Waals surface area contributed by atoms with Crippen molar-refractivity contribution in [3.05, 3.63) is 57.8 Å². The quantitative estimate of drug-likeness (QED) is 0.820. The number of thiophene rings is 1. The normalized spacial score (nSPS) is 13.2. The van der Waals surface area contributed by atoms with Crippen molar-refractivity contribution < 1.29 is 13.5 Å². The molecule has 0 saturated carbocycles. The second-order valence-corrected chi connectivity index (χ2v) is 7.76. The summed E-state index contributed by atoms with van der Waals surface area (Å²) < 4.78 is 26.4. The highest BCUT2D eigenvalue weighted by molar-refractivity contribution is 7.89. The third-order valence-electron chi connectivity index (χ3n) is 3.20. The molecule has 4 nitrogen and oxygen atoms in total. The molecule has 2 rings (SSSR count). The molecule has 2 aromatic rings. The predicted octanol–water partition coefficient (Wildman–Crippen LogP) is 2.25. The lowest BCUT2D eigenvalue weighted by Crippen LogP contribution is -2.31. The fourth-order valence-electron chi connectivity index (χ4n) is 1.99. The van der Waals surface area contributed by atoms with Crippen LogP contribution in [0.5, 0.6) is 0 Å².